The summed E-state index contributed by atoms with van der Waals surface area (Å²) in [6, 6.07) is 4.61. The second-order valence-electron chi connectivity index (χ2n) is 3.94. The van der Waals surface area contributed by atoms with Gasteiger partial charge in [-0.1, -0.05) is 16.8 Å². The Bertz CT molecular complexity index is 698. The van der Waals surface area contributed by atoms with Crippen molar-refractivity contribution in [3.8, 4) is 5.75 Å². The van der Waals surface area contributed by atoms with Crippen LogP contribution in [0.3, 0.4) is 0 Å². The highest BCUT2D eigenvalue weighted by atomic mass is 35.5. The van der Waals surface area contributed by atoms with E-state index < -0.39 is 5.91 Å². The molecule has 1 aromatic carbocycles. The van der Waals surface area contributed by atoms with E-state index in [0.29, 0.717) is 10.8 Å². The summed E-state index contributed by atoms with van der Waals surface area (Å²) in [7, 11) is 1.43. The Hall–Kier alpha value is -2.74. The fourth-order valence-electron chi connectivity index (χ4n) is 1.66. The number of aromatic amines is 1. The number of nitrogens with two attached hydrogens (primary N) is 1. The van der Waals surface area contributed by atoms with Gasteiger partial charge in [-0.15, -0.1) is 0 Å². The molecule has 0 aliphatic carbocycles. The van der Waals surface area contributed by atoms with E-state index in [4.69, 9.17) is 27.3 Å². The number of oxime groups is 1. The number of methoxy groups -OCH3 is 1. The third-order valence-corrected chi connectivity index (χ3v) is 2.90. The second kappa shape index (κ2) is 6.14. The molecule has 0 fully saturated rings. The van der Waals surface area contributed by atoms with Crippen molar-refractivity contribution in [1.29, 1.82) is 0 Å². The number of amidine groups is 1. The van der Waals surface area contributed by atoms with E-state index in [1.54, 1.807) is 6.07 Å². The lowest BCUT2D eigenvalue weighted by molar-refractivity contribution is 0.102. The van der Waals surface area contributed by atoms with Crippen LogP contribution in [0.2, 0.25) is 5.02 Å². The third kappa shape index (κ3) is 3.06. The van der Waals surface area contributed by atoms with E-state index in [-0.39, 0.29) is 22.8 Å². The van der Waals surface area contributed by atoms with Gasteiger partial charge in [0.15, 0.2) is 5.84 Å². The first-order valence-corrected chi connectivity index (χ1v) is 6.10. The average molecular weight is 310 g/mol. The van der Waals surface area contributed by atoms with Crippen molar-refractivity contribution in [2.45, 2.75) is 0 Å². The van der Waals surface area contributed by atoms with Crippen LogP contribution in [-0.4, -0.2) is 34.3 Å². The number of rotatable bonds is 4. The molecule has 0 aliphatic heterocycles. The maximum absolute atomic E-state index is 12.2. The normalized spacial score (nSPS) is 11.2. The van der Waals surface area contributed by atoms with Crippen molar-refractivity contribution in [2.75, 3.05) is 12.4 Å². The zero-order valence-electron chi connectivity index (χ0n) is 10.9. The van der Waals surface area contributed by atoms with Crippen molar-refractivity contribution in [1.82, 2.24) is 10.2 Å². The first kappa shape index (κ1) is 14.7. The molecule has 1 aromatic heterocycles. The van der Waals surface area contributed by atoms with Gasteiger partial charge < -0.3 is 21.0 Å². The van der Waals surface area contributed by atoms with Gasteiger partial charge in [-0.3, -0.25) is 9.89 Å². The summed E-state index contributed by atoms with van der Waals surface area (Å²) in [5.74, 6) is -0.112. The number of hydrogen-bond acceptors (Lipinski definition) is 5. The Kier molecular flexibility index (Phi) is 4.29. The molecule has 8 nitrogen and oxygen atoms in total. The van der Waals surface area contributed by atoms with Crippen LogP contribution in [0.15, 0.2) is 29.6 Å². The van der Waals surface area contributed by atoms with Crippen LogP contribution in [0.1, 0.15) is 15.9 Å². The summed E-state index contributed by atoms with van der Waals surface area (Å²) in [4.78, 5) is 12.2. The largest absolute Gasteiger partial charge is 0.496 e. The van der Waals surface area contributed by atoms with E-state index in [0.717, 1.165) is 0 Å². The number of nitrogens with one attached hydrogen (secondary N) is 2. The summed E-state index contributed by atoms with van der Waals surface area (Å²) >= 11 is 5.84. The number of benzene rings is 1. The summed E-state index contributed by atoms with van der Waals surface area (Å²) in [5.41, 5.74) is 6.02. The highest BCUT2D eigenvalue weighted by Crippen LogP contribution is 2.24. The minimum Gasteiger partial charge on any atom is -0.496 e. The number of H-pyrrole nitrogens is 1. The molecule has 0 spiro atoms. The number of hydrogen-bond donors (Lipinski definition) is 4. The number of amides is 1. The van der Waals surface area contributed by atoms with Crippen LogP contribution in [-0.2, 0) is 0 Å². The quantitative estimate of drug-likeness (QED) is 0.294. The van der Waals surface area contributed by atoms with Gasteiger partial charge in [0.05, 0.1) is 24.4 Å². The molecule has 0 bridgehead atoms. The molecule has 9 heteroatoms. The van der Waals surface area contributed by atoms with Gasteiger partial charge >= 0.3 is 0 Å². The number of nitrogens with zero attached hydrogens (tertiary/aromatic N) is 2. The molecule has 0 aliphatic rings. The van der Waals surface area contributed by atoms with E-state index in [1.807, 2.05) is 0 Å². The molecule has 21 heavy (non-hydrogen) atoms. The predicted octanol–water partition coefficient (Wildman–Crippen LogP) is 1.42. The van der Waals surface area contributed by atoms with Crippen LogP contribution in [0.5, 0.6) is 5.75 Å². The molecule has 110 valence electrons. The highest BCUT2D eigenvalue weighted by Gasteiger charge is 2.17. The number of aromatic nitrogens is 2. The standard InChI is InChI=1S/C12H12ClN5O3/c1-21-9-4-6(13)2-3-7(9)12(19)16-11-8(5-15-17-11)10(14)18-20/h2-5,20H,1H3,(H2,14,18)(H2,15,16,17,19). The summed E-state index contributed by atoms with van der Waals surface area (Å²) in [6.07, 6.45) is 1.32. The van der Waals surface area contributed by atoms with Gasteiger partial charge in [0.2, 0.25) is 0 Å². The zero-order chi connectivity index (χ0) is 15.4. The Morgan fingerprint density at radius 3 is 2.95 bits per heavy atom. The monoisotopic (exact) mass is 309 g/mol. The van der Waals surface area contributed by atoms with E-state index >= 15 is 0 Å². The number of ether oxygens (including phenoxy) is 1. The lowest BCUT2D eigenvalue weighted by atomic mass is 10.2. The lowest BCUT2D eigenvalue weighted by Crippen LogP contribution is -2.19. The second-order valence-corrected chi connectivity index (χ2v) is 4.38. The topological polar surface area (TPSA) is 126 Å². The molecule has 0 radical (unpaired) electrons. The molecular formula is C12H12ClN5O3. The Labute approximate surface area is 124 Å². The number of anilines is 1. The Morgan fingerprint density at radius 2 is 2.29 bits per heavy atom. The minimum atomic E-state index is -0.459. The van der Waals surface area contributed by atoms with Crippen LogP contribution in [0.25, 0.3) is 0 Å². The van der Waals surface area contributed by atoms with Crippen molar-refractivity contribution in [3.63, 3.8) is 0 Å². The first-order valence-electron chi connectivity index (χ1n) is 5.73. The highest BCUT2D eigenvalue weighted by molar-refractivity contribution is 6.31. The molecule has 1 heterocycles. The Morgan fingerprint density at radius 1 is 1.52 bits per heavy atom. The van der Waals surface area contributed by atoms with Crippen molar-refractivity contribution < 1.29 is 14.7 Å². The smallest absolute Gasteiger partial charge is 0.260 e. The van der Waals surface area contributed by atoms with Crippen molar-refractivity contribution >= 4 is 29.2 Å². The first-order chi connectivity index (χ1) is 10.1. The van der Waals surface area contributed by atoms with Gasteiger partial charge in [-0.2, -0.15) is 5.10 Å². The molecule has 1 amide bonds. The van der Waals surface area contributed by atoms with Gasteiger partial charge in [-0.25, -0.2) is 0 Å². The SMILES string of the molecule is COc1cc(Cl)ccc1C(=O)Nc1[nH]ncc1C(N)=NO. The molecule has 5 N–H and O–H groups in total. The van der Waals surface area contributed by atoms with E-state index in [1.165, 1.54) is 25.4 Å². The zero-order valence-corrected chi connectivity index (χ0v) is 11.7. The van der Waals surface area contributed by atoms with Crippen LogP contribution in [0, 0.1) is 0 Å². The minimum absolute atomic E-state index is 0.179. The van der Waals surface area contributed by atoms with E-state index in [2.05, 4.69) is 20.7 Å². The van der Waals surface area contributed by atoms with Crippen LogP contribution >= 0.6 is 11.6 Å². The van der Waals surface area contributed by atoms with Crippen molar-refractivity contribution in [3.05, 3.63) is 40.5 Å². The van der Waals surface area contributed by atoms with Gasteiger partial charge in [0.25, 0.3) is 5.91 Å². The fraction of sp³-hybridized carbons (Fsp3) is 0.0833. The van der Waals surface area contributed by atoms with Gasteiger partial charge in [-0.05, 0) is 18.2 Å². The predicted molar refractivity (Wildman–Crippen MR) is 77.1 cm³/mol. The lowest BCUT2D eigenvalue weighted by Gasteiger charge is -2.09. The van der Waals surface area contributed by atoms with Crippen molar-refractivity contribution in [2.24, 2.45) is 10.9 Å². The number of carbonyl (C=O) groups excluding carboxylic acids is 1. The number of carbonyl (C=O) groups is 1. The summed E-state index contributed by atoms with van der Waals surface area (Å²) in [6.45, 7) is 0. The maximum atomic E-state index is 12.2. The molecule has 0 saturated heterocycles. The van der Waals surface area contributed by atoms with Gasteiger partial charge in [0.1, 0.15) is 11.6 Å². The molecule has 2 aromatic rings. The average Bonchev–Trinajstić information content (AvgIpc) is 2.94. The maximum Gasteiger partial charge on any atom is 0.260 e. The third-order valence-electron chi connectivity index (χ3n) is 2.67. The summed E-state index contributed by atoms with van der Waals surface area (Å²) < 4.78 is 5.11. The summed E-state index contributed by atoms with van der Waals surface area (Å²) in [5, 5.41) is 20.8. The fourth-order valence-corrected chi connectivity index (χ4v) is 1.83. The van der Waals surface area contributed by atoms with Crippen LogP contribution in [0.4, 0.5) is 5.82 Å². The molecule has 0 saturated carbocycles. The van der Waals surface area contributed by atoms with Crippen LogP contribution < -0.4 is 15.8 Å². The van der Waals surface area contributed by atoms with E-state index in [9.17, 15) is 4.79 Å². The Balaban J connectivity index is 2.29. The molecule has 0 unspecified atom stereocenters. The molecular weight excluding hydrogens is 298 g/mol. The number of halogens is 1. The molecule has 0 atom stereocenters. The molecule has 2 rings (SSSR count). The van der Waals surface area contributed by atoms with Gasteiger partial charge in [0, 0.05) is 5.02 Å².